The lowest BCUT2D eigenvalue weighted by Crippen LogP contribution is -2.37. The van der Waals surface area contributed by atoms with Crippen LogP contribution >= 0.6 is 0 Å². The number of nitrogens with zero attached hydrogens (tertiary/aromatic N) is 3. The van der Waals surface area contributed by atoms with Crippen molar-refractivity contribution in [2.75, 3.05) is 6.54 Å². The van der Waals surface area contributed by atoms with Gasteiger partial charge in [0.25, 0.3) is 0 Å². The summed E-state index contributed by atoms with van der Waals surface area (Å²) in [7, 11) is 0. The van der Waals surface area contributed by atoms with Gasteiger partial charge in [0.2, 0.25) is 11.9 Å². The second kappa shape index (κ2) is 5.13. The van der Waals surface area contributed by atoms with Gasteiger partial charge in [-0.25, -0.2) is 9.98 Å². The summed E-state index contributed by atoms with van der Waals surface area (Å²) < 4.78 is 0. The average Bonchev–Trinajstić information content (AvgIpc) is 2.47. The molecule has 5 heteroatoms. The maximum atomic E-state index is 11.4. The first-order valence-electron chi connectivity index (χ1n) is 6.36. The van der Waals surface area contributed by atoms with Gasteiger partial charge in [0.15, 0.2) is 0 Å². The molecule has 0 unspecified atom stereocenters. The predicted molar refractivity (Wildman–Crippen MR) is 79.0 cm³/mol. The molecule has 2 heterocycles. The van der Waals surface area contributed by atoms with Crippen molar-refractivity contribution in [2.24, 2.45) is 9.98 Å². The number of benzene rings is 1. The Morgan fingerprint density at radius 3 is 2.85 bits per heavy atom. The number of carbonyl (C=O) groups is 1. The van der Waals surface area contributed by atoms with Gasteiger partial charge < -0.3 is 10.2 Å². The number of rotatable bonds is 2. The first-order valence-corrected chi connectivity index (χ1v) is 6.36. The van der Waals surface area contributed by atoms with Crippen LogP contribution in [-0.2, 0) is 4.79 Å². The molecule has 0 aliphatic carbocycles. The van der Waals surface area contributed by atoms with Gasteiger partial charge in [-0.05, 0) is 6.08 Å². The molecule has 0 aromatic heterocycles. The van der Waals surface area contributed by atoms with Gasteiger partial charge in [0.1, 0.15) is 0 Å². The summed E-state index contributed by atoms with van der Waals surface area (Å²) in [5.41, 5.74) is 2.52. The predicted octanol–water partition coefficient (Wildman–Crippen LogP) is 1.76. The summed E-state index contributed by atoms with van der Waals surface area (Å²) in [6.07, 6.45) is 5.45. The SMILES string of the molecule is CC(=O)NC1=C(c2ccccc2)N=C2N=CC=CN2C1. The minimum absolute atomic E-state index is 0.100. The normalized spacial score (nSPS) is 16.9. The Bertz CT molecular complexity index is 656. The lowest BCUT2D eigenvalue weighted by Gasteiger charge is -2.28. The minimum Gasteiger partial charge on any atom is -0.326 e. The van der Waals surface area contributed by atoms with Crippen molar-refractivity contribution >= 4 is 23.8 Å². The van der Waals surface area contributed by atoms with E-state index in [0.29, 0.717) is 12.5 Å². The number of hydrogen-bond acceptors (Lipinski definition) is 4. The summed E-state index contributed by atoms with van der Waals surface area (Å²) >= 11 is 0. The van der Waals surface area contributed by atoms with E-state index in [9.17, 15) is 4.79 Å². The summed E-state index contributed by atoms with van der Waals surface area (Å²) in [5.74, 6) is 0.539. The van der Waals surface area contributed by atoms with Crippen LogP contribution in [0.3, 0.4) is 0 Å². The number of carbonyl (C=O) groups excluding carboxylic acids is 1. The van der Waals surface area contributed by atoms with E-state index in [0.717, 1.165) is 17.0 Å². The molecule has 0 fully saturated rings. The van der Waals surface area contributed by atoms with Crippen LogP contribution in [-0.4, -0.2) is 29.5 Å². The Morgan fingerprint density at radius 2 is 2.10 bits per heavy atom. The van der Waals surface area contributed by atoms with Gasteiger partial charge in [-0.1, -0.05) is 30.3 Å². The third-order valence-electron chi connectivity index (χ3n) is 3.00. The number of allylic oxidation sites excluding steroid dienone is 1. The molecule has 0 spiro atoms. The van der Waals surface area contributed by atoms with E-state index in [2.05, 4.69) is 15.3 Å². The van der Waals surface area contributed by atoms with Crippen molar-refractivity contribution in [3.63, 3.8) is 0 Å². The highest BCUT2D eigenvalue weighted by Crippen LogP contribution is 2.25. The molecule has 3 rings (SSSR count). The van der Waals surface area contributed by atoms with Gasteiger partial charge in [-0.3, -0.25) is 4.79 Å². The van der Waals surface area contributed by atoms with E-state index in [4.69, 9.17) is 0 Å². The molecule has 0 radical (unpaired) electrons. The highest BCUT2D eigenvalue weighted by Gasteiger charge is 2.22. The molecule has 0 saturated carbocycles. The van der Waals surface area contributed by atoms with E-state index < -0.39 is 0 Å². The first kappa shape index (κ1) is 12.3. The van der Waals surface area contributed by atoms with E-state index in [-0.39, 0.29) is 5.91 Å². The van der Waals surface area contributed by atoms with Crippen LogP contribution in [0, 0.1) is 0 Å². The second-order valence-electron chi connectivity index (χ2n) is 4.53. The van der Waals surface area contributed by atoms with Crippen LogP contribution in [0.4, 0.5) is 0 Å². The topological polar surface area (TPSA) is 57.1 Å². The van der Waals surface area contributed by atoms with E-state index >= 15 is 0 Å². The third kappa shape index (κ3) is 2.38. The van der Waals surface area contributed by atoms with Crippen LogP contribution in [0.15, 0.2) is 58.3 Å². The summed E-state index contributed by atoms with van der Waals surface area (Å²) in [6.45, 7) is 2.05. The van der Waals surface area contributed by atoms with Gasteiger partial charge in [0, 0.05) is 24.9 Å². The molecule has 5 nitrogen and oxygen atoms in total. The average molecular weight is 266 g/mol. The maximum Gasteiger partial charge on any atom is 0.230 e. The molecular weight excluding hydrogens is 252 g/mol. The van der Waals surface area contributed by atoms with Gasteiger partial charge in [0.05, 0.1) is 17.9 Å². The maximum absolute atomic E-state index is 11.4. The zero-order valence-corrected chi connectivity index (χ0v) is 11.1. The Balaban J connectivity index is 2.07. The van der Waals surface area contributed by atoms with Crippen LogP contribution in [0.1, 0.15) is 12.5 Å². The molecule has 2 aliphatic rings. The van der Waals surface area contributed by atoms with E-state index in [1.54, 1.807) is 6.21 Å². The van der Waals surface area contributed by atoms with Crippen molar-refractivity contribution < 1.29 is 4.79 Å². The van der Waals surface area contributed by atoms with Gasteiger partial charge in [-0.15, -0.1) is 0 Å². The second-order valence-corrected chi connectivity index (χ2v) is 4.53. The molecule has 20 heavy (non-hydrogen) atoms. The fourth-order valence-corrected chi connectivity index (χ4v) is 2.17. The zero-order valence-electron chi connectivity index (χ0n) is 11.1. The van der Waals surface area contributed by atoms with Crippen LogP contribution < -0.4 is 5.32 Å². The number of fused-ring (bicyclic) bond motifs is 1. The zero-order chi connectivity index (χ0) is 13.9. The molecule has 1 amide bonds. The molecule has 0 saturated heterocycles. The molecule has 0 bridgehead atoms. The molecule has 1 aromatic carbocycles. The van der Waals surface area contributed by atoms with Gasteiger partial charge in [-0.2, -0.15) is 0 Å². The molecule has 100 valence electrons. The van der Waals surface area contributed by atoms with E-state index in [1.807, 2.05) is 47.5 Å². The van der Waals surface area contributed by atoms with E-state index in [1.165, 1.54) is 6.92 Å². The number of amides is 1. The van der Waals surface area contributed by atoms with Crippen LogP contribution in [0.2, 0.25) is 0 Å². The lowest BCUT2D eigenvalue weighted by atomic mass is 10.1. The van der Waals surface area contributed by atoms with Crippen molar-refractivity contribution in [2.45, 2.75) is 6.92 Å². The molecule has 1 N–H and O–H groups in total. The number of aliphatic imine (C=N–C) groups is 2. The van der Waals surface area contributed by atoms with Crippen molar-refractivity contribution in [1.29, 1.82) is 0 Å². The van der Waals surface area contributed by atoms with Crippen molar-refractivity contribution in [3.8, 4) is 0 Å². The monoisotopic (exact) mass is 266 g/mol. The van der Waals surface area contributed by atoms with Crippen LogP contribution in [0.5, 0.6) is 0 Å². The van der Waals surface area contributed by atoms with Crippen molar-refractivity contribution in [1.82, 2.24) is 10.2 Å². The molecular formula is C15H14N4O. The largest absolute Gasteiger partial charge is 0.326 e. The molecule has 1 aromatic rings. The number of hydrogen-bond donors (Lipinski definition) is 1. The number of guanidine groups is 1. The Hall–Kier alpha value is -2.69. The standard InChI is InChI=1S/C15H14N4O/c1-11(20)17-13-10-19-9-5-8-16-15(19)18-14(13)12-6-3-2-4-7-12/h2-9H,10H2,1H3,(H,17,20). The first-order chi connectivity index (χ1) is 9.74. The molecule has 2 aliphatic heterocycles. The Kier molecular flexibility index (Phi) is 3.16. The van der Waals surface area contributed by atoms with Crippen molar-refractivity contribution in [3.05, 3.63) is 53.9 Å². The van der Waals surface area contributed by atoms with Crippen LogP contribution in [0.25, 0.3) is 5.70 Å². The fourth-order valence-electron chi connectivity index (χ4n) is 2.17. The lowest BCUT2D eigenvalue weighted by molar-refractivity contribution is -0.118. The summed E-state index contributed by atoms with van der Waals surface area (Å²) in [5, 5.41) is 2.87. The highest BCUT2D eigenvalue weighted by molar-refractivity contribution is 5.99. The smallest absolute Gasteiger partial charge is 0.230 e. The minimum atomic E-state index is -0.100. The molecule has 0 atom stereocenters. The summed E-state index contributed by atoms with van der Waals surface area (Å²) in [6, 6.07) is 9.79. The van der Waals surface area contributed by atoms with Gasteiger partial charge >= 0.3 is 0 Å². The quantitative estimate of drug-likeness (QED) is 0.886. The third-order valence-corrected chi connectivity index (χ3v) is 3.00. The fraction of sp³-hybridized carbons (Fsp3) is 0.133. The summed E-state index contributed by atoms with van der Waals surface area (Å²) in [4.78, 5) is 22.1. The highest BCUT2D eigenvalue weighted by atomic mass is 16.1. The number of nitrogens with one attached hydrogen (secondary N) is 1. The Morgan fingerprint density at radius 1 is 1.30 bits per heavy atom. The Labute approximate surface area is 117 Å².